The highest BCUT2D eigenvalue weighted by Gasteiger charge is 2.14. The lowest BCUT2D eigenvalue weighted by atomic mass is 10.3. The molecular formula is C16H10N4OS3. The maximum Gasteiger partial charge on any atom is 0.217 e. The SMILES string of the molecule is c1csc(-c2cc(CSc3nnc4sc5ccccc5n34)no2)c1. The summed E-state index contributed by atoms with van der Waals surface area (Å²) in [6, 6.07) is 14.3. The van der Waals surface area contributed by atoms with Crippen LogP contribution < -0.4 is 0 Å². The van der Waals surface area contributed by atoms with E-state index in [0.717, 1.165) is 32.0 Å². The van der Waals surface area contributed by atoms with Gasteiger partial charge in [0.2, 0.25) is 4.96 Å². The molecule has 0 aliphatic carbocycles. The first kappa shape index (κ1) is 14.2. The van der Waals surface area contributed by atoms with Gasteiger partial charge in [0.1, 0.15) is 0 Å². The minimum atomic E-state index is 0.694. The number of fused-ring (bicyclic) bond motifs is 3. The average molecular weight is 370 g/mol. The molecule has 0 atom stereocenters. The minimum absolute atomic E-state index is 0.694. The molecule has 5 nitrogen and oxygen atoms in total. The summed E-state index contributed by atoms with van der Waals surface area (Å²) in [7, 11) is 0. The largest absolute Gasteiger partial charge is 0.355 e. The smallest absolute Gasteiger partial charge is 0.217 e. The van der Waals surface area contributed by atoms with Crippen molar-refractivity contribution in [3.05, 3.63) is 53.5 Å². The maximum absolute atomic E-state index is 5.43. The molecule has 8 heteroatoms. The van der Waals surface area contributed by atoms with Crippen LogP contribution in [0.3, 0.4) is 0 Å². The Kier molecular flexibility index (Phi) is 3.39. The van der Waals surface area contributed by atoms with E-state index < -0.39 is 0 Å². The standard InChI is InChI=1S/C16H10N4OS3/c1-2-5-13-11(4-1)20-15(17-18-16(20)24-13)23-9-10-8-12(21-19-10)14-6-3-7-22-14/h1-8H,9H2. The third-order valence-electron chi connectivity index (χ3n) is 3.58. The van der Waals surface area contributed by atoms with Crippen molar-refractivity contribution in [2.75, 3.05) is 0 Å². The van der Waals surface area contributed by atoms with E-state index in [9.17, 15) is 0 Å². The molecule has 24 heavy (non-hydrogen) atoms. The Bertz CT molecular complexity index is 1120. The van der Waals surface area contributed by atoms with Crippen molar-refractivity contribution < 1.29 is 4.52 Å². The molecule has 0 saturated heterocycles. The fourth-order valence-corrected chi connectivity index (χ4v) is 5.02. The molecule has 5 rings (SSSR count). The van der Waals surface area contributed by atoms with Crippen LogP contribution in [0.1, 0.15) is 5.69 Å². The van der Waals surface area contributed by atoms with Crippen LogP contribution in [0.2, 0.25) is 0 Å². The highest BCUT2D eigenvalue weighted by Crippen LogP contribution is 2.31. The van der Waals surface area contributed by atoms with Gasteiger partial charge in [0, 0.05) is 11.8 Å². The van der Waals surface area contributed by atoms with Gasteiger partial charge >= 0.3 is 0 Å². The summed E-state index contributed by atoms with van der Waals surface area (Å²) in [5.41, 5.74) is 2.05. The lowest BCUT2D eigenvalue weighted by Gasteiger charge is -1.96. The zero-order valence-electron chi connectivity index (χ0n) is 12.2. The third-order valence-corrected chi connectivity index (χ3v) is 6.44. The molecule has 0 spiro atoms. The van der Waals surface area contributed by atoms with Gasteiger partial charge in [-0.05, 0) is 23.6 Å². The van der Waals surface area contributed by atoms with E-state index in [4.69, 9.17) is 4.52 Å². The summed E-state index contributed by atoms with van der Waals surface area (Å²) in [6.07, 6.45) is 0. The predicted octanol–water partition coefficient (Wildman–Crippen LogP) is 4.95. The number of hydrogen-bond acceptors (Lipinski definition) is 7. The molecule has 0 saturated carbocycles. The molecule has 0 unspecified atom stereocenters. The minimum Gasteiger partial charge on any atom is -0.355 e. The molecule has 0 aliphatic heterocycles. The van der Waals surface area contributed by atoms with E-state index in [-0.39, 0.29) is 0 Å². The Labute approximate surface area is 148 Å². The summed E-state index contributed by atoms with van der Waals surface area (Å²) >= 11 is 4.91. The van der Waals surface area contributed by atoms with Gasteiger partial charge < -0.3 is 4.52 Å². The fourth-order valence-electron chi connectivity index (χ4n) is 2.50. The van der Waals surface area contributed by atoms with Gasteiger partial charge in [-0.25, -0.2) is 0 Å². The first-order valence-electron chi connectivity index (χ1n) is 7.23. The highest BCUT2D eigenvalue weighted by atomic mass is 32.2. The number of thiazole rings is 1. The Morgan fingerprint density at radius 3 is 3.00 bits per heavy atom. The van der Waals surface area contributed by atoms with Crippen molar-refractivity contribution in [1.82, 2.24) is 19.8 Å². The number of hydrogen-bond donors (Lipinski definition) is 0. The fraction of sp³-hybridized carbons (Fsp3) is 0.0625. The molecule has 0 radical (unpaired) electrons. The monoisotopic (exact) mass is 370 g/mol. The van der Waals surface area contributed by atoms with Crippen LogP contribution in [0.25, 0.3) is 25.8 Å². The van der Waals surface area contributed by atoms with Crippen LogP contribution >= 0.6 is 34.4 Å². The van der Waals surface area contributed by atoms with Crippen LogP contribution in [0.15, 0.2) is 57.5 Å². The quantitative estimate of drug-likeness (QED) is 0.419. The van der Waals surface area contributed by atoms with Gasteiger partial charge in [-0.2, -0.15) is 0 Å². The molecular weight excluding hydrogens is 360 g/mol. The van der Waals surface area contributed by atoms with Crippen molar-refractivity contribution in [3.63, 3.8) is 0 Å². The normalized spacial score (nSPS) is 11.7. The molecule has 4 heterocycles. The number of aromatic nitrogens is 4. The number of thiophene rings is 1. The van der Waals surface area contributed by atoms with Crippen molar-refractivity contribution >= 4 is 49.6 Å². The topological polar surface area (TPSA) is 56.2 Å². The Balaban J connectivity index is 1.43. The summed E-state index contributed by atoms with van der Waals surface area (Å²) < 4.78 is 8.74. The lowest BCUT2D eigenvalue weighted by Crippen LogP contribution is -1.87. The number of benzene rings is 1. The van der Waals surface area contributed by atoms with E-state index in [0.29, 0.717) is 5.75 Å². The second kappa shape index (κ2) is 5.73. The molecule has 4 aromatic heterocycles. The van der Waals surface area contributed by atoms with Crippen molar-refractivity contribution in [1.29, 1.82) is 0 Å². The lowest BCUT2D eigenvalue weighted by molar-refractivity contribution is 0.427. The second-order valence-electron chi connectivity index (χ2n) is 5.12. The van der Waals surface area contributed by atoms with Gasteiger partial charge in [-0.3, -0.25) is 4.40 Å². The van der Waals surface area contributed by atoms with Gasteiger partial charge in [-0.15, -0.1) is 21.5 Å². The Morgan fingerprint density at radius 2 is 2.08 bits per heavy atom. The van der Waals surface area contributed by atoms with Gasteiger partial charge in [0.25, 0.3) is 0 Å². The highest BCUT2D eigenvalue weighted by molar-refractivity contribution is 7.98. The first-order valence-corrected chi connectivity index (χ1v) is 9.91. The molecule has 0 amide bonds. The van der Waals surface area contributed by atoms with Crippen LogP contribution in [0, 0.1) is 0 Å². The van der Waals surface area contributed by atoms with E-state index >= 15 is 0 Å². The molecule has 118 valence electrons. The molecule has 1 aromatic carbocycles. The number of rotatable bonds is 4. The van der Waals surface area contributed by atoms with Crippen molar-refractivity contribution in [3.8, 4) is 10.6 Å². The molecule has 5 aromatic rings. The Morgan fingerprint density at radius 1 is 1.12 bits per heavy atom. The second-order valence-corrected chi connectivity index (χ2v) is 8.02. The van der Waals surface area contributed by atoms with Gasteiger partial charge in [0.15, 0.2) is 10.9 Å². The van der Waals surface area contributed by atoms with Crippen LogP contribution in [-0.2, 0) is 5.75 Å². The summed E-state index contributed by atoms with van der Waals surface area (Å²) in [5, 5.41) is 15.7. The third kappa shape index (κ3) is 2.34. The zero-order valence-corrected chi connectivity index (χ0v) is 14.7. The first-order chi connectivity index (χ1) is 11.9. The van der Waals surface area contributed by atoms with Gasteiger partial charge in [0.05, 0.1) is 20.8 Å². The predicted molar refractivity (Wildman–Crippen MR) is 97.7 cm³/mol. The number of nitrogens with zero attached hydrogens (tertiary/aromatic N) is 4. The zero-order chi connectivity index (χ0) is 15.9. The van der Waals surface area contributed by atoms with E-state index in [1.165, 1.54) is 4.70 Å². The Hall–Kier alpha value is -2.16. The number of para-hydroxylation sites is 1. The van der Waals surface area contributed by atoms with E-state index in [2.05, 4.69) is 31.9 Å². The van der Waals surface area contributed by atoms with Crippen LogP contribution in [0.5, 0.6) is 0 Å². The van der Waals surface area contributed by atoms with Gasteiger partial charge in [-0.1, -0.05) is 46.5 Å². The van der Waals surface area contributed by atoms with Crippen molar-refractivity contribution in [2.24, 2.45) is 0 Å². The number of thioether (sulfide) groups is 1. The van der Waals surface area contributed by atoms with Crippen LogP contribution in [0.4, 0.5) is 0 Å². The van der Waals surface area contributed by atoms with E-state index in [1.54, 1.807) is 34.4 Å². The molecule has 0 aliphatic rings. The summed E-state index contributed by atoms with van der Waals surface area (Å²) in [5.74, 6) is 1.51. The summed E-state index contributed by atoms with van der Waals surface area (Å²) in [6.45, 7) is 0. The molecule has 0 fully saturated rings. The molecule has 0 N–H and O–H groups in total. The average Bonchev–Trinajstić information content (AvgIpc) is 3.36. The van der Waals surface area contributed by atoms with Crippen LogP contribution in [-0.4, -0.2) is 19.8 Å². The summed E-state index contributed by atoms with van der Waals surface area (Å²) in [4.78, 5) is 2.01. The van der Waals surface area contributed by atoms with Crippen molar-refractivity contribution in [2.45, 2.75) is 10.9 Å². The molecule has 0 bridgehead atoms. The van der Waals surface area contributed by atoms with E-state index in [1.807, 2.05) is 35.7 Å². The maximum atomic E-state index is 5.43.